The van der Waals surface area contributed by atoms with E-state index in [4.69, 9.17) is 9.15 Å². The van der Waals surface area contributed by atoms with E-state index in [0.29, 0.717) is 11.8 Å². The third kappa shape index (κ3) is 3.85. The molecule has 0 radical (unpaired) electrons. The molecule has 0 amide bonds. The summed E-state index contributed by atoms with van der Waals surface area (Å²) in [6, 6.07) is 8.52. The van der Waals surface area contributed by atoms with E-state index in [9.17, 15) is 0 Å². The highest BCUT2D eigenvalue weighted by atomic mass is 16.5. The zero-order valence-corrected chi connectivity index (χ0v) is 14.9. The van der Waals surface area contributed by atoms with Gasteiger partial charge in [-0.1, -0.05) is 12.8 Å². The van der Waals surface area contributed by atoms with Crippen molar-refractivity contribution in [2.75, 3.05) is 33.3 Å². The number of nitrogens with zero attached hydrogens (tertiary/aromatic N) is 4. The minimum atomic E-state index is 0.572. The highest BCUT2D eigenvalue weighted by Crippen LogP contribution is 2.25. The molecule has 6 heteroatoms. The topological polar surface area (TPSA) is 54.6 Å². The Morgan fingerprint density at radius 3 is 2.44 bits per heavy atom. The highest BCUT2D eigenvalue weighted by molar-refractivity contribution is 5.53. The lowest BCUT2D eigenvalue weighted by Gasteiger charge is -2.37. The standard InChI is InChI=1S/C19H26N4O2/c1-24-17-8-6-15(7-9-17)19-21-20-18(25-19)14-22-10-12-23(13-11-22)16-4-2-3-5-16/h6-9,16H,2-5,10-14H2,1H3. The van der Waals surface area contributed by atoms with Crippen LogP contribution in [0.15, 0.2) is 28.7 Å². The highest BCUT2D eigenvalue weighted by Gasteiger charge is 2.26. The van der Waals surface area contributed by atoms with Gasteiger partial charge in [0, 0.05) is 37.8 Å². The molecule has 2 aliphatic rings. The minimum Gasteiger partial charge on any atom is -0.497 e. The van der Waals surface area contributed by atoms with E-state index < -0.39 is 0 Å². The van der Waals surface area contributed by atoms with Crippen molar-refractivity contribution in [2.45, 2.75) is 38.3 Å². The summed E-state index contributed by atoms with van der Waals surface area (Å²) >= 11 is 0. The maximum absolute atomic E-state index is 5.85. The molecule has 4 rings (SSSR count). The molecule has 1 saturated heterocycles. The van der Waals surface area contributed by atoms with Crippen molar-refractivity contribution in [3.63, 3.8) is 0 Å². The Hall–Kier alpha value is -1.92. The summed E-state index contributed by atoms with van der Waals surface area (Å²) in [5.41, 5.74) is 0.922. The smallest absolute Gasteiger partial charge is 0.247 e. The normalized spacial score (nSPS) is 20.2. The summed E-state index contributed by atoms with van der Waals surface area (Å²) in [5.74, 6) is 2.09. The Bertz CT molecular complexity index is 671. The molecule has 0 unspecified atom stereocenters. The SMILES string of the molecule is COc1ccc(-c2nnc(CN3CCN(C4CCCC4)CC3)o2)cc1. The van der Waals surface area contributed by atoms with Gasteiger partial charge in [0.05, 0.1) is 13.7 Å². The number of piperazine rings is 1. The van der Waals surface area contributed by atoms with Crippen molar-refractivity contribution in [1.82, 2.24) is 20.0 Å². The summed E-state index contributed by atoms with van der Waals surface area (Å²) in [7, 11) is 1.66. The van der Waals surface area contributed by atoms with Crippen LogP contribution in [-0.4, -0.2) is 59.3 Å². The van der Waals surface area contributed by atoms with Crippen molar-refractivity contribution in [3.8, 4) is 17.2 Å². The Labute approximate surface area is 148 Å². The second-order valence-electron chi connectivity index (χ2n) is 6.98. The molecular formula is C19H26N4O2. The maximum atomic E-state index is 5.85. The first-order valence-corrected chi connectivity index (χ1v) is 9.25. The molecule has 1 aliphatic carbocycles. The summed E-state index contributed by atoms with van der Waals surface area (Å²) in [5, 5.41) is 8.41. The zero-order chi connectivity index (χ0) is 17.1. The van der Waals surface area contributed by atoms with Crippen molar-refractivity contribution in [2.24, 2.45) is 0 Å². The fraction of sp³-hybridized carbons (Fsp3) is 0.579. The molecule has 1 aromatic carbocycles. The molecule has 25 heavy (non-hydrogen) atoms. The largest absolute Gasteiger partial charge is 0.497 e. The number of hydrogen-bond donors (Lipinski definition) is 0. The van der Waals surface area contributed by atoms with Crippen LogP contribution in [-0.2, 0) is 6.54 Å². The van der Waals surface area contributed by atoms with Gasteiger partial charge in [0.2, 0.25) is 11.8 Å². The van der Waals surface area contributed by atoms with Crippen molar-refractivity contribution in [3.05, 3.63) is 30.2 Å². The predicted molar refractivity (Wildman–Crippen MR) is 95.4 cm³/mol. The lowest BCUT2D eigenvalue weighted by Crippen LogP contribution is -2.49. The monoisotopic (exact) mass is 342 g/mol. The van der Waals surface area contributed by atoms with E-state index in [0.717, 1.165) is 50.1 Å². The molecule has 134 valence electrons. The molecule has 0 spiro atoms. The van der Waals surface area contributed by atoms with Crippen LogP contribution in [0.2, 0.25) is 0 Å². The molecule has 0 atom stereocenters. The number of methoxy groups -OCH3 is 1. The zero-order valence-electron chi connectivity index (χ0n) is 14.9. The maximum Gasteiger partial charge on any atom is 0.247 e. The molecule has 1 aliphatic heterocycles. The fourth-order valence-electron chi connectivity index (χ4n) is 3.92. The molecule has 2 heterocycles. The van der Waals surface area contributed by atoms with Crippen LogP contribution in [0.25, 0.3) is 11.5 Å². The van der Waals surface area contributed by atoms with Crippen LogP contribution in [0.3, 0.4) is 0 Å². The van der Waals surface area contributed by atoms with E-state index in [1.807, 2.05) is 24.3 Å². The van der Waals surface area contributed by atoms with Crippen LogP contribution in [0.5, 0.6) is 5.75 Å². The van der Waals surface area contributed by atoms with E-state index >= 15 is 0 Å². The molecule has 2 aromatic rings. The number of ether oxygens (including phenoxy) is 1. The number of rotatable bonds is 5. The first-order chi connectivity index (χ1) is 12.3. The minimum absolute atomic E-state index is 0.572. The second-order valence-corrected chi connectivity index (χ2v) is 6.98. The van der Waals surface area contributed by atoms with E-state index in [1.54, 1.807) is 7.11 Å². The van der Waals surface area contributed by atoms with Gasteiger partial charge >= 0.3 is 0 Å². The van der Waals surface area contributed by atoms with E-state index in [1.165, 1.54) is 25.7 Å². The molecular weight excluding hydrogens is 316 g/mol. The van der Waals surface area contributed by atoms with E-state index in [-0.39, 0.29) is 0 Å². The first-order valence-electron chi connectivity index (χ1n) is 9.25. The Balaban J connectivity index is 1.32. The predicted octanol–water partition coefficient (Wildman–Crippen LogP) is 2.81. The Kier molecular flexibility index (Phi) is 4.99. The van der Waals surface area contributed by atoms with Crippen LogP contribution in [0, 0.1) is 0 Å². The quantitative estimate of drug-likeness (QED) is 0.833. The summed E-state index contributed by atoms with van der Waals surface area (Å²) < 4.78 is 11.0. The lowest BCUT2D eigenvalue weighted by atomic mass is 10.2. The fourth-order valence-corrected chi connectivity index (χ4v) is 3.92. The third-order valence-corrected chi connectivity index (χ3v) is 5.41. The van der Waals surface area contributed by atoms with Crippen LogP contribution < -0.4 is 4.74 Å². The van der Waals surface area contributed by atoms with Gasteiger partial charge in [-0.2, -0.15) is 0 Å². The summed E-state index contributed by atoms with van der Waals surface area (Å²) in [6.07, 6.45) is 5.58. The third-order valence-electron chi connectivity index (χ3n) is 5.41. The van der Waals surface area contributed by atoms with Crippen LogP contribution >= 0.6 is 0 Å². The lowest BCUT2D eigenvalue weighted by molar-refractivity contribution is 0.0884. The van der Waals surface area contributed by atoms with Crippen molar-refractivity contribution < 1.29 is 9.15 Å². The average molecular weight is 342 g/mol. The van der Waals surface area contributed by atoms with Crippen LogP contribution in [0.4, 0.5) is 0 Å². The van der Waals surface area contributed by atoms with Crippen molar-refractivity contribution in [1.29, 1.82) is 0 Å². The molecule has 0 bridgehead atoms. The summed E-state index contributed by atoms with van der Waals surface area (Å²) in [4.78, 5) is 5.08. The molecule has 1 saturated carbocycles. The van der Waals surface area contributed by atoms with Gasteiger partial charge in [-0.25, -0.2) is 0 Å². The van der Waals surface area contributed by atoms with Gasteiger partial charge in [-0.15, -0.1) is 10.2 Å². The van der Waals surface area contributed by atoms with Gasteiger partial charge in [-0.3, -0.25) is 9.80 Å². The number of aromatic nitrogens is 2. The average Bonchev–Trinajstić information content (AvgIpc) is 3.35. The second kappa shape index (κ2) is 7.54. The van der Waals surface area contributed by atoms with Gasteiger partial charge in [0.15, 0.2) is 0 Å². The first kappa shape index (κ1) is 16.5. The Morgan fingerprint density at radius 2 is 1.76 bits per heavy atom. The van der Waals surface area contributed by atoms with Gasteiger partial charge < -0.3 is 9.15 Å². The molecule has 0 N–H and O–H groups in total. The van der Waals surface area contributed by atoms with Gasteiger partial charge in [0.25, 0.3) is 0 Å². The summed E-state index contributed by atoms with van der Waals surface area (Å²) in [6.45, 7) is 5.21. The van der Waals surface area contributed by atoms with Gasteiger partial charge in [-0.05, 0) is 37.1 Å². The molecule has 6 nitrogen and oxygen atoms in total. The number of hydrogen-bond acceptors (Lipinski definition) is 6. The van der Waals surface area contributed by atoms with E-state index in [2.05, 4.69) is 20.0 Å². The van der Waals surface area contributed by atoms with Gasteiger partial charge in [0.1, 0.15) is 5.75 Å². The van der Waals surface area contributed by atoms with Crippen molar-refractivity contribution >= 4 is 0 Å². The van der Waals surface area contributed by atoms with Crippen LogP contribution in [0.1, 0.15) is 31.6 Å². The molecule has 1 aromatic heterocycles. The molecule has 2 fully saturated rings. The Morgan fingerprint density at radius 1 is 1.04 bits per heavy atom. The number of benzene rings is 1.